The maximum atomic E-state index is 13.7. The number of amides is 2. The Morgan fingerprint density at radius 1 is 1.07 bits per heavy atom. The molecule has 1 fully saturated rings. The van der Waals surface area contributed by atoms with E-state index in [0.29, 0.717) is 11.8 Å². The maximum Gasteiger partial charge on any atom is 0.260 e. The molecule has 0 bridgehead atoms. The molecule has 5 nitrogen and oxygen atoms in total. The van der Waals surface area contributed by atoms with Gasteiger partial charge in [-0.2, -0.15) is 0 Å². The van der Waals surface area contributed by atoms with Gasteiger partial charge in [0, 0.05) is 23.7 Å². The Kier molecular flexibility index (Phi) is 6.46. The third kappa shape index (κ3) is 5.10. The van der Waals surface area contributed by atoms with Crippen LogP contribution < -0.4 is 10.1 Å². The zero-order chi connectivity index (χ0) is 21.0. The maximum absolute atomic E-state index is 13.7. The fourth-order valence-corrected chi connectivity index (χ4v) is 3.62. The first-order valence-corrected chi connectivity index (χ1v) is 9.65. The van der Waals surface area contributed by atoms with Crippen molar-refractivity contribution >= 4 is 17.5 Å². The number of nitrogens with one attached hydrogen (secondary N) is 1. The van der Waals surface area contributed by atoms with Crippen molar-refractivity contribution < 1.29 is 23.1 Å². The number of piperidine rings is 1. The van der Waals surface area contributed by atoms with Gasteiger partial charge in [-0.1, -0.05) is 0 Å². The lowest BCUT2D eigenvalue weighted by Gasteiger charge is -2.38. The Labute approximate surface area is 168 Å². The normalized spacial score (nSPS) is 19.0. The van der Waals surface area contributed by atoms with Crippen LogP contribution in [-0.2, 0) is 4.79 Å². The highest BCUT2D eigenvalue weighted by Crippen LogP contribution is 2.23. The molecule has 3 rings (SSSR count). The molecule has 0 radical (unpaired) electrons. The van der Waals surface area contributed by atoms with E-state index in [9.17, 15) is 18.4 Å². The molecule has 1 aliphatic rings. The van der Waals surface area contributed by atoms with Crippen molar-refractivity contribution in [3.8, 4) is 5.75 Å². The molecule has 1 aliphatic heterocycles. The highest BCUT2D eigenvalue weighted by atomic mass is 19.1. The first-order valence-electron chi connectivity index (χ1n) is 9.65. The predicted molar refractivity (Wildman–Crippen MR) is 106 cm³/mol. The first-order chi connectivity index (χ1) is 13.8. The molecule has 7 heteroatoms. The van der Waals surface area contributed by atoms with Gasteiger partial charge in [0.2, 0.25) is 0 Å². The number of hydrogen-bond donors (Lipinski definition) is 1. The van der Waals surface area contributed by atoms with Crippen LogP contribution in [0.2, 0.25) is 0 Å². The summed E-state index contributed by atoms with van der Waals surface area (Å²) in [7, 11) is 0. The molecule has 2 aromatic rings. The number of ether oxygens (including phenoxy) is 1. The van der Waals surface area contributed by atoms with Gasteiger partial charge in [-0.05, 0) is 69.5 Å². The molecule has 2 unspecified atom stereocenters. The molecule has 0 aromatic heterocycles. The van der Waals surface area contributed by atoms with Crippen molar-refractivity contribution in [2.45, 2.75) is 45.2 Å². The van der Waals surface area contributed by atoms with E-state index < -0.39 is 17.5 Å². The van der Waals surface area contributed by atoms with Crippen molar-refractivity contribution in [2.24, 2.45) is 0 Å². The zero-order valence-electron chi connectivity index (χ0n) is 16.5. The summed E-state index contributed by atoms with van der Waals surface area (Å²) in [5.74, 6) is -1.70. The molecule has 1 heterocycles. The summed E-state index contributed by atoms with van der Waals surface area (Å²) >= 11 is 0. The molecule has 154 valence electrons. The lowest BCUT2D eigenvalue weighted by atomic mass is 9.97. The van der Waals surface area contributed by atoms with Gasteiger partial charge in [-0.25, -0.2) is 8.78 Å². The third-order valence-electron chi connectivity index (χ3n) is 5.14. The zero-order valence-corrected chi connectivity index (χ0v) is 16.5. The number of rotatable bonds is 5. The second-order valence-electron chi connectivity index (χ2n) is 7.32. The summed E-state index contributed by atoms with van der Waals surface area (Å²) in [6.07, 6.45) is 3.11. The van der Waals surface area contributed by atoms with E-state index in [0.717, 1.165) is 31.4 Å². The van der Waals surface area contributed by atoms with Gasteiger partial charge >= 0.3 is 0 Å². The van der Waals surface area contributed by atoms with Crippen LogP contribution in [0.3, 0.4) is 0 Å². The fourth-order valence-electron chi connectivity index (χ4n) is 3.62. The number of anilines is 1. The highest BCUT2D eigenvalue weighted by molar-refractivity contribution is 6.04. The van der Waals surface area contributed by atoms with E-state index in [-0.39, 0.29) is 35.8 Å². The lowest BCUT2D eigenvalue weighted by molar-refractivity contribution is -0.139. The molecular formula is C22H24F2N2O3. The molecule has 0 aliphatic carbocycles. The minimum Gasteiger partial charge on any atom is -0.484 e. The Hall–Kier alpha value is -2.96. The van der Waals surface area contributed by atoms with Gasteiger partial charge in [0.15, 0.2) is 6.61 Å². The van der Waals surface area contributed by atoms with E-state index in [2.05, 4.69) is 5.32 Å². The van der Waals surface area contributed by atoms with Crippen LogP contribution in [0.25, 0.3) is 0 Å². The Balaban J connectivity index is 1.57. The molecule has 0 saturated carbocycles. The Bertz CT molecular complexity index is 876. The first kappa shape index (κ1) is 20.8. The van der Waals surface area contributed by atoms with E-state index in [1.807, 2.05) is 18.7 Å². The standard InChI is InChI=1S/C22H24F2N2O3/c1-14-4-3-5-15(2)26(14)21(27)13-29-18-9-6-16(7-10-18)22(28)25-20-11-8-17(23)12-19(20)24/h6-12,14-15H,3-5,13H2,1-2H3,(H,25,28). The van der Waals surface area contributed by atoms with Crippen molar-refractivity contribution in [2.75, 3.05) is 11.9 Å². The van der Waals surface area contributed by atoms with E-state index in [1.54, 1.807) is 12.1 Å². The number of benzene rings is 2. The number of nitrogens with zero attached hydrogens (tertiary/aromatic N) is 1. The smallest absolute Gasteiger partial charge is 0.260 e. The number of halogens is 2. The van der Waals surface area contributed by atoms with Crippen molar-refractivity contribution in [1.29, 1.82) is 0 Å². The minimum atomic E-state index is -0.849. The second-order valence-corrected chi connectivity index (χ2v) is 7.32. The Morgan fingerprint density at radius 2 is 1.72 bits per heavy atom. The summed E-state index contributed by atoms with van der Waals surface area (Å²) in [5, 5.41) is 2.39. The average molecular weight is 402 g/mol. The number of carbonyl (C=O) groups is 2. The number of carbonyl (C=O) groups excluding carboxylic acids is 2. The van der Waals surface area contributed by atoms with Gasteiger partial charge in [0.25, 0.3) is 11.8 Å². The van der Waals surface area contributed by atoms with Gasteiger partial charge in [-0.15, -0.1) is 0 Å². The van der Waals surface area contributed by atoms with Crippen molar-refractivity contribution in [3.63, 3.8) is 0 Å². The van der Waals surface area contributed by atoms with Crippen LogP contribution in [0.1, 0.15) is 43.5 Å². The SMILES string of the molecule is CC1CCCC(C)N1C(=O)COc1ccc(C(=O)Nc2ccc(F)cc2F)cc1. The average Bonchev–Trinajstić information content (AvgIpc) is 2.68. The van der Waals surface area contributed by atoms with Crippen molar-refractivity contribution in [3.05, 3.63) is 59.7 Å². The van der Waals surface area contributed by atoms with E-state index in [1.165, 1.54) is 12.1 Å². The van der Waals surface area contributed by atoms with Crippen LogP contribution in [-0.4, -0.2) is 35.4 Å². The largest absolute Gasteiger partial charge is 0.484 e. The van der Waals surface area contributed by atoms with Gasteiger partial charge in [-0.3, -0.25) is 9.59 Å². The molecule has 2 amide bonds. The fraction of sp³-hybridized carbons (Fsp3) is 0.364. The van der Waals surface area contributed by atoms with Crippen molar-refractivity contribution in [1.82, 2.24) is 4.90 Å². The van der Waals surface area contributed by atoms with E-state index in [4.69, 9.17) is 4.74 Å². The number of likely N-dealkylation sites (tertiary alicyclic amines) is 1. The van der Waals surface area contributed by atoms with Crippen LogP contribution in [0.15, 0.2) is 42.5 Å². The predicted octanol–water partition coefficient (Wildman–Crippen LogP) is 4.39. The second kappa shape index (κ2) is 9.03. The lowest BCUT2D eigenvalue weighted by Crippen LogP contribution is -2.49. The third-order valence-corrected chi connectivity index (χ3v) is 5.14. The van der Waals surface area contributed by atoms with Gasteiger partial charge in [0.1, 0.15) is 17.4 Å². The summed E-state index contributed by atoms with van der Waals surface area (Å²) in [4.78, 5) is 26.6. The monoisotopic (exact) mass is 402 g/mol. The van der Waals surface area contributed by atoms with E-state index >= 15 is 0 Å². The molecular weight excluding hydrogens is 378 g/mol. The highest BCUT2D eigenvalue weighted by Gasteiger charge is 2.28. The molecule has 29 heavy (non-hydrogen) atoms. The summed E-state index contributed by atoms with van der Waals surface area (Å²) in [5.41, 5.74) is 0.178. The van der Waals surface area contributed by atoms with Crippen LogP contribution in [0.5, 0.6) is 5.75 Å². The van der Waals surface area contributed by atoms with Crippen LogP contribution in [0.4, 0.5) is 14.5 Å². The molecule has 1 saturated heterocycles. The topological polar surface area (TPSA) is 58.6 Å². The van der Waals surface area contributed by atoms with Gasteiger partial charge < -0.3 is 15.0 Å². The quantitative estimate of drug-likeness (QED) is 0.807. The molecule has 1 N–H and O–H groups in total. The van der Waals surface area contributed by atoms with Crippen LogP contribution >= 0.6 is 0 Å². The molecule has 2 aromatic carbocycles. The summed E-state index contributed by atoms with van der Waals surface area (Å²) < 4.78 is 32.2. The molecule has 0 spiro atoms. The summed E-state index contributed by atoms with van der Waals surface area (Å²) in [6, 6.07) is 9.52. The molecule has 2 atom stereocenters. The van der Waals surface area contributed by atoms with Crippen LogP contribution in [0, 0.1) is 11.6 Å². The number of hydrogen-bond acceptors (Lipinski definition) is 3. The summed E-state index contributed by atoms with van der Waals surface area (Å²) in [6.45, 7) is 4.02. The van der Waals surface area contributed by atoms with Gasteiger partial charge in [0.05, 0.1) is 5.69 Å². The Morgan fingerprint density at radius 3 is 2.34 bits per heavy atom. The minimum absolute atomic E-state index is 0.0571.